The van der Waals surface area contributed by atoms with Crippen molar-refractivity contribution in [1.82, 2.24) is 14.7 Å². The molecular formula is C15H17F2N3O. The fraction of sp³-hybridized carbons (Fsp3) is 0.400. The van der Waals surface area contributed by atoms with E-state index in [9.17, 15) is 13.9 Å². The zero-order valence-corrected chi connectivity index (χ0v) is 11.5. The zero-order valence-electron chi connectivity index (χ0n) is 11.5. The summed E-state index contributed by atoms with van der Waals surface area (Å²) in [5.41, 5.74) is 0.700. The van der Waals surface area contributed by atoms with Crippen LogP contribution in [0.15, 0.2) is 36.7 Å². The lowest BCUT2D eigenvalue weighted by atomic mass is 10.0. The lowest BCUT2D eigenvalue weighted by Gasteiger charge is -2.24. The van der Waals surface area contributed by atoms with Gasteiger partial charge in [0.05, 0.1) is 12.6 Å². The van der Waals surface area contributed by atoms with Crippen LogP contribution in [0.25, 0.3) is 0 Å². The highest BCUT2D eigenvalue weighted by Gasteiger charge is 2.32. The van der Waals surface area contributed by atoms with E-state index >= 15 is 0 Å². The van der Waals surface area contributed by atoms with Gasteiger partial charge in [0.15, 0.2) is 11.6 Å². The molecule has 0 amide bonds. The van der Waals surface area contributed by atoms with Crippen molar-refractivity contribution < 1.29 is 13.9 Å². The normalized spacial score (nSPS) is 22.8. The number of β-amino-alcohol motifs (C(OH)–C–C–N with tert-alkyl or cyclic N) is 1. The summed E-state index contributed by atoms with van der Waals surface area (Å²) in [7, 11) is 0. The Morgan fingerprint density at radius 2 is 2.10 bits per heavy atom. The van der Waals surface area contributed by atoms with Crippen molar-refractivity contribution in [3.63, 3.8) is 0 Å². The predicted octanol–water partition coefficient (Wildman–Crippen LogP) is 1.97. The zero-order chi connectivity index (χ0) is 14.8. The van der Waals surface area contributed by atoms with Gasteiger partial charge >= 0.3 is 0 Å². The first-order chi connectivity index (χ1) is 10.1. The van der Waals surface area contributed by atoms with Crippen molar-refractivity contribution in [3.8, 4) is 0 Å². The van der Waals surface area contributed by atoms with Gasteiger partial charge < -0.3 is 5.11 Å². The third kappa shape index (κ3) is 3.11. The molecule has 2 aromatic rings. The minimum absolute atomic E-state index is 0.0920. The summed E-state index contributed by atoms with van der Waals surface area (Å²) in [6.45, 7) is 1.92. The topological polar surface area (TPSA) is 41.3 Å². The van der Waals surface area contributed by atoms with E-state index < -0.39 is 17.7 Å². The summed E-state index contributed by atoms with van der Waals surface area (Å²) < 4.78 is 28.3. The minimum atomic E-state index is -0.847. The van der Waals surface area contributed by atoms with Crippen LogP contribution >= 0.6 is 0 Å². The van der Waals surface area contributed by atoms with E-state index in [1.165, 1.54) is 6.07 Å². The second kappa shape index (κ2) is 5.91. The fourth-order valence-electron chi connectivity index (χ4n) is 2.86. The van der Waals surface area contributed by atoms with Crippen LogP contribution in [0.3, 0.4) is 0 Å². The van der Waals surface area contributed by atoms with Crippen LogP contribution < -0.4 is 0 Å². The van der Waals surface area contributed by atoms with E-state index in [0.29, 0.717) is 31.6 Å². The van der Waals surface area contributed by atoms with Crippen LogP contribution in [0.5, 0.6) is 0 Å². The third-order valence-electron chi connectivity index (χ3n) is 3.89. The van der Waals surface area contributed by atoms with Crippen molar-refractivity contribution in [2.24, 2.45) is 0 Å². The maximum atomic E-state index is 13.4. The summed E-state index contributed by atoms with van der Waals surface area (Å²) in [4.78, 5) is 2.08. The maximum absolute atomic E-state index is 13.4. The first kappa shape index (κ1) is 14.2. The molecule has 1 aromatic carbocycles. The molecule has 1 aromatic heterocycles. The maximum Gasteiger partial charge on any atom is 0.159 e. The van der Waals surface area contributed by atoms with Gasteiger partial charge in [-0.1, -0.05) is 6.07 Å². The first-order valence-corrected chi connectivity index (χ1v) is 6.98. The molecule has 3 rings (SSSR count). The van der Waals surface area contributed by atoms with Crippen molar-refractivity contribution in [1.29, 1.82) is 0 Å². The summed E-state index contributed by atoms with van der Waals surface area (Å²) in [5, 5.41) is 14.0. The molecule has 0 radical (unpaired) electrons. The Morgan fingerprint density at radius 3 is 2.81 bits per heavy atom. The minimum Gasteiger partial charge on any atom is -0.392 e. The van der Waals surface area contributed by atoms with Gasteiger partial charge in [0.2, 0.25) is 0 Å². The van der Waals surface area contributed by atoms with Gasteiger partial charge in [-0.25, -0.2) is 8.78 Å². The van der Waals surface area contributed by atoms with Gasteiger partial charge in [-0.05, 0) is 30.2 Å². The SMILES string of the molecule is O[C@@H]1C[C@@H](c2ccc(F)c(F)c2)N(CCn2cccn2)C1. The van der Waals surface area contributed by atoms with E-state index in [1.54, 1.807) is 12.3 Å². The second-order valence-electron chi connectivity index (χ2n) is 5.34. The number of aromatic nitrogens is 2. The highest BCUT2D eigenvalue weighted by atomic mass is 19.2. The molecule has 112 valence electrons. The van der Waals surface area contributed by atoms with Crippen LogP contribution in [-0.4, -0.2) is 39.0 Å². The lowest BCUT2D eigenvalue weighted by Crippen LogP contribution is -2.28. The molecule has 0 unspecified atom stereocenters. The molecule has 0 bridgehead atoms. The molecule has 2 heterocycles. The molecule has 2 atom stereocenters. The fourth-order valence-corrected chi connectivity index (χ4v) is 2.86. The second-order valence-corrected chi connectivity index (χ2v) is 5.34. The third-order valence-corrected chi connectivity index (χ3v) is 3.89. The van der Waals surface area contributed by atoms with E-state index in [0.717, 1.165) is 6.07 Å². The molecule has 4 nitrogen and oxygen atoms in total. The molecule has 0 spiro atoms. The summed E-state index contributed by atoms with van der Waals surface area (Å²) in [5.74, 6) is -1.69. The van der Waals surface area contributed by atoms with Gasteiger partial charge in [0.25, 0.3) is 0 Å². The monoisotopic (exact) mass is 293 g/mol. The molecule has 1 saturated heterocycles. The molecular weight excluding hydrogens is 276 g/mol. The molecule has 0 saturated carbocycles. The van der Waals surface area contributed by atoms with Gasteiger partial charge in [0, 0.05) is 31.5 Å². The van der Waals surface area contributed by atoms with Crippen LogP contribution in [0, 0.1) is 11.6 Å². The van der Waals surface area contributed by atoms with E-state index in [2.05, 4.69) is 10.00 Å². The average Bonchev–Trinajstić information content (AvgIpc) is 3.09. The Hall–Kier alpha value is -1.79. The van der Waals surface area contributed by atoms with E-state index in [-0.39, 0.29) is 6.04 Å². The molecule has 21 heavy (non-hydrogen) atoms. The van der Waals surface area contributed by atoms with Crippen LogP contribution in [0.4, 0.5) is 8.78 Å². The Kier molecular flexibility index (Phi) is 3.98. The van der Waals surface area contributed by atoms with Gasteiger partial charge in [0.1, 0.15) is 0 Å². The Balaban J connectivity index is 1.73. The Bertz CT molecular complexity index is 603. The number of aliphatic hydroxyl groups excluding tert-OH is 1. The van der Waals surface area contributed by atoms with Crippen molar-refractivity contribution in [2.45, 2.75) is 25.1 Å². The van der Waals surface area contributed by atoms with Crippen molar-refractivity contribution in [3.05, 3.63) is 53.9 Å². The Morgan fingerprint density at radius 1 is 1.24 bits per heavy atom. The van der Waals surface area contributed by atoms with E-state index in [1.807, 2.05) is 16.9 Å². The largest absolute Gasteiger partial charge is 0.392 e. The summed E-state index contributed by atoms with van der Waals surface area (Å²) >= 11 is 0. The molecule has 0 aliphatic carbocycles. The predicted molar refractivity (Wildman–Crippen MR) is 73.5 cm³/mol. The Labute approximate surface area is 121 Å². The number of rotatable bonds is 4. The smallest absolute Gasteiger partial charge is 0.159 e. The highest BCUT2D eigenvalue weighted by molar-refractivity contribution is 5.22. The standard InChI is InChI=1S/C15H17F2N3O/c16-13-3-2-11(8-14(13)17)15-9-12(21)10-19(15)6-7-20-5-1-4-18-20/h1-5,8,12,15,21H,6-7,9-10H2/t12-,15+/m1/s1. The molecule has 1 fully saturated rings. The number of halogens is 2. The first-order valence-electron chi connectivity index (χ1n) is 6.98. The highest BCUT2D eigenvalue weighted by Crippen LogP contribution is 2.32. The average molecular weight is 293 g/mol. The van der Waals surface area contributed by atoms with Crippen LogP contribution in [0.1, 0.15) is 18.0 Å². The molecule has 1 aliphatic rings. The molecule has 1 N–H and O–H groups in total. The number of benzene rings is 1. The van der Waals surface area contributed by atoms with Crippen molar-refractivity contribution in [2.75, 3.05) is 13.1 Å². The number of aliphatic hydroxyl groups is 1. The number of hydrogen-bond donors (Lipinski definition) is 1. The summed E-state index contributed by atoms with van der Waals surface area (Å²) in [6, 6.07) is 5.71. The van der Waals surface area contributed by atoms with Crippen LogP contribution in [0.2, 0.25) is 0 Å². The van der Waals surface area contributed by atoms with Gasteiger partial charge in [-0.2, -0.15) is 5.10 Å². The van der Waals surface area contributed by atoms with Crippen LogP contribution in [-0.2, 0) is 6.54 Å². The number of hydrogen-bond acceptors (Lipinski definition) is 3. The van der Waals surface area contributed by atoms with E-state index in [4.69, 9.17) is 0 Å². The number of nitrogens with zero attached hydrogens (tertiary/aromatic N) is 3. The molecule has 1 aliphatic heterocycles. The van der Waals surface area contributed by atoms with Gasteiger partial charge in [-0.3, -0.25) is 9.58 Å². The summed E-state index contributed by atoms with van der Waals surface area (Å²) in [6.07, 6.45) is 3.68. The van der Waals surface area contributed by atoms with Gasteiger partial charge in [-0.15, -0.1) is 0 Å². The molecule has 6 heteroatoms. The lowest BCUT2D eigenvalue weighted by molar-refractivity contribution is 0.172. The quantitative estimate of drug-likeness (QED) is 0.937. The number of likely N-dealkylation sites (tertiary alicyclic amines) is 1. The van der Waals surface area contributed by atoms with Crippen molar-refractivity contribution >= 4 is 0 Å².